The second-order valence-electron chi connectivity index (χ2n) is 3.38. The van der Waals surface area contributed by atoms with Crippen LogP contribution in [-0.4, -0.2) is 4.98 Å². The molecule has 0 saturated carbocycles. The SMILES string of the molecule is Cc1cc2c(C)cc(Cl)nc2cc1Cl. The number of hydrogen-bond acceptors (Lipinski definition) is 1. The normalized spacial score (nSPS) is 10.9. The van der Waals surface area contributed by atoms with Crippen LogP contribution in [0.2, 0.25) is 10.2 Å². The fraction of sp³-hybridized carbons (Fsp3) is 0.182. The van der Waals surface area contributed by atoms with E-state index in [4.69, 9.17) is 23.2 Å². The lowest BCUT2D eigenvalue weighted by Crippen LogP contribution is -1.86. The van der Waals surface area contributed by atoms with E-state index in [0.717, 1.165) is 27.1 Å². The number of benzene rings is 1. The lowest BCUT2D eigenvalue weighted by Gasteiger charge is -2.05. The van der Waals surface area contributed by atoms with Gasteiger partial charge in [-0.3, -0.25) is 0 Å². The van der Waals surface area contributed by atoms with Crippen LogP contribution in [0.5, 0.6) is 0 Å². The first kappa shape index (κ1) is 9.75. The Bertz CT molecular complexity index is 506. The molecule has 0 spiro atoms. The van der Waals surface area contributed by atoms with Gasteiger partial charge in [0.1, 0.15) is 5.15 Å². The van der Waals surface area contributed by atoms with E-state index in [0.29, 0.717) is 5.15 Å². The topological polar surface area (TPSA) is 12.9 Å². The van der Waals surface area contributed by atoms with E-state index in [9.17, 15) is 0 Å². The van der Waals surface area contributed by atoms with Crippen LogP contribution in [-0.2, 0) is 0 Å². The highest BCUT2D eigenvalue weighted by molar-refractivity contribution is 6.32. The van der Waals surface area contributed by atoms with Gasteiger partial charge in [0.25, 0.3) is 0 Å². The van der Waals surface area contributed by atoms with Gasteiger partial charge in [0.15, 0.2) is 0 Å². The molecule has 1 aromatic heterocycles. The van der Waals surface area contributed by atoms with E-state index in [2.05, 4.69) is 4.98 Å². The van der Waals surface area contributed by atoms with Gasteiger partial charge in [-0.05, 0) is 43.2 Å². The molecule has 0 unspecified atom stereocenters. The highest BCUT2D eigenvalue weighted by Crippen LogP contribution is 2.26. The van der Waals surface area contributed by atoms with Crippen molar-refractivity contribution in [3.05, 3.63) is 39.5 Å². The van der Waals surface area contributed by atoms with Gasteiger partial charge in [-0.15, -0.1) is 0 Å². The van der Waals surface area contributed by atoms with Gasteiger partial charge in [0.2, 0.25) is 0 Å². The Morgan fingerprint density at radius 1 is 1.00 bits per heavy atom. The number of aryl methyl sites for hydroxylation is 2. The van der Waals surface area contributed by atoms with Crippen LogP contribution in [0.1, 0.15) is 11.1 Å². The van der Waals surface area contributed by atoms with Crippen LogP contribution >= 0.6 is 23.2 Å². The van der Waals surface area contributed by atoms with Gasteiger partial charge in [-0.1, -0.05) is 23.2 Å². The van der Waals surface area contributed by atoms with E-state index in [1.165, 1.54) is 0 Å². The summed E-state index contributed by atoms with van der Waals surface area (Å²) in [4.78, 5) is 4.22. The number of halogens is 2. The molecule has 72 valence electrons. The predicted octanol–water partition coefficient (Wildman–Crippen LogP) is 4.16. The third kappa shape index (κ3) is 1.58. The first-order chi connectivity index (χ1) is 6.58. The largest absolute Gasteiger partial charge is 0.236 e. The van der Waals surface area contributed by atoms with Gasteiger partial charge < -0.3 is 0 Å². The zero-order valence-electron chi connectivity index (χ0n) is 7.94. The molecule has 3 heteroatoms. The quantitative estimate of drug-likeness (QED) is 0.614. The van der Waals surface area contributed by atoms with Crippen LogP contribution in [0.25, 0.3) is 10.9 Å². The first-order valence-corrected chi connectivity index (χ1v) is 5.06. The van der Waals surface area contributed by atoms with Gasteiger partial charge in [0, 0.05) is 10.4 Å². The molecule has 1 heterocycles. The molecule has 2 aromatic rings. The third-order valence-electron chi connectivity index (χ3n) is 2.26. The predicted molar refractivity (Wildman–Crippen MR) is 61.2 cm³/mol. The van der Waals surface area contributed by atoms with Gasteiger partial charge in [-0.25, -0.2) is 4.98 Å². The lowest BCUT2D eigenvalue weighted by molar-refractivity contribution is 1.35. The van der Waals surface area contributed by atoms with Crippen LogP contribution < -0.4 is 0 Å². The van der Waals surface area contributed by atoms with Crippen molar-refractivity contribution in [2.45, 2.75) is 13.8 Å². The molecule has 0 saturated heterocycles. The number of fused-ring (bicyclic) bond motifs is 1. The summed E-state index contributed by atoms with van der Waals surface area (Å²) >= 11 is 11.9. The molecule has 0 aliphatic carbocycles. The molecule has 0 fully saturated rings. The summed E-state index contributed by atoms with van der Waals surface area (Å²) in [5, 5.41) is 2.35. The summed E-state index contributed by atoms with van der Waals surface area (Å²) in [6.45, 7) is 4.00. The van der Waals surface area contributed by atoms with E-state index < -0.39 is 0 Å². The lowest BCUT2D eigenvalue weighted by atomic mass is 10.1. The molecule has 1 aromatic carbocycles. The average molecular weight is 226 g/mol. The third-order valence-corrected chi connectivity index (χ3v) is 2.87. The minimum absolute atomic E-state index is 0.509. The summed E-state index contributed by atoms with van der Waals surface area (Å²) < 4.78 is 0. The Hall–Kier alpha value is -0.790. The van der Waals surface area contributed by atoms with Crippen LogP contribution in [0, 0.1) is 13.8 Å². The maximum Gasteiger partial charge on any atom is 0.130 e. The Kier molecular flexibility index (Phi) is 2.38. The van der Waals surface area contributed by atoms with Crippen LogP contribution in [0.4, 0.5) is 0 Å². The van der Waals surface area contributed by atoms with E-state index in [-0.39, 0.29) is 0 Å². The van der Waals surface area contributed by atoms with E-state index in [1.807, 2.05) is 32.0 Å². The molecule has 2 rings (SSSR count). The second kappa shape index (κ2) is 3.41. The van der Waals surface area contributed by atoms with Crippen molar-refractivity contribution in [1.29, 1.82) is 0 Å². The fourth-order valence-corrected chi connectivity index (χ4v) is 1.90. The molecule has 0 N–H and O–H groups in total. The minimum Gasteiger partial charge on any atom is -0.236 e. The van der Waals surface area contributed by atoms with Crippen molar-refractivity contribution in [2.24, 2.45) is 0 Å². The number of aromatic nitrogens is 1. The molecule has 0 aliphatic rings. The summed E-state index contributed by atoms with van der Waals surface area (Å²) in [7, 11) is 0. The molecule has 14 heavy (non-hydrogen) atoms. The fourth-order valence-electron chi connectivity index (χ4n) is 1.48. The molecule has 0 atom stereocenters. The molecule has 1 nitrogen and oxygen atoms in total. The molecule has 0 amide bonds. The van der Waals surface area contributed by atoms with E-state index in [1.54, 1.807) is 0 Å². The zero-order chi connectivity index (χ0) is 10.3. The maximum absolute atomic E-state index is 6.01. The van der Waals surface area contributed by atoms with Gasteiger partial charge in [-0.2, -0.15) is 0 Å². The summed E-state index contributed by atoms with van der Waals surface area (Å²) in [5.74, 6) is 0. The molecular weight excluding hydrogens is 217 g/mol. The van der Waals surface area contributed by atoms with Crippen molar-refractivity contribution in [3.8, 4) is 0 Å². The van der Waals surface area contributed by atoms with Crippen LogP contribution in [0.15, 0.2) is 18.2 Å². The Morgan fingerprint density at radius 2 is 1.71 bits per heavy atom. The summed E-state index contributed by atoms with van der Waals surface area (Å²) in [6, 6.07) is 5.75. The van der Waals surface area contributed by atoms with E-state index >= 15 is 0 Å². The maximum atomic E-state index is 6.01. The standard InChI is InChI=1S/C11H9Cl2N/c1-6-4-11(13)14-10-5-9(12)7(2)3-8(6)10/h3-5H,1-2H3. The van der Waals surface area contributed by atoms with Gasteiger partial charge in [0.05, 0.1) is 5.52 Å². The Balaban J connectivity index is 2.89. The zero-order valence-corrected chi connectivity index (χ0v) is 9.45. The summed E-state index contributed by atoms with van der Waals surface area (Å²) in [6.07, 6.45) is 0. The number of pyridine rings is 1. The van der Waals surface area contributed by atoms with Crippen molar-refractivity contribution in [2.75, 3.05) is 0 Å². The number of rotatable bonds is 0. The monoisotopic (exact) mass is 225 g/mol. The molecule has 0 bridgehead atoms. The second-order valence-corrected chi connectivity index (χ2v) is 4.17. The Morgan fingerprint density at radius 3 is 2.43 bits per heavy atom. The first-order valence-electron chi connectivity index (χ1n) is 4.31. The number of nitrogens with zero attached hydrogens (tertiary/aromatic N) is 1. The van der Waals surface area contributed by atoms with Crippen molar-refractivity contribution >= 4 is 34.1 Å². The number of hydrogen-bond donors (Lipinski definition) is 0. The Labute approximate surface area is 92.7 Å². The van der Waals surface area contributed by atoms with Crippen molar-refractivity contribution < 1.29 is 0 Å². The summed E-state index contributed by atoms with van der Waals surface area (Å²) in [5.41, 5.74) is 3.04. The van der Waals surface area contributed by atoms with Gasteiger partial charge >= 0.3 is 0 Å². The molecular formula is C11H9Cl2N. The highest BCUT2D eigenvalue weighted by atomic mass is 35.5. The smallest absolute Gasteiger partial charge is 0.130 e. The molecule has 0 aliphatic heterocycles. The highest BCUT2D eigenvalue weighted by Gasteiger charge is 2.04. The minimum atomic E-state index is 0.509. The molecule has 0 radical (unpaired) electrons. The average Bonchev–Trinajstić information content (AvgIpc) is 2.08. The van der Waals surface area contributed by atoms with Crippen LogP contribution in [0.3, 0.4) is 0 Å². The van der Waals surface area contributed by atoms with Crippen molar-refractivity contribution in [3.63, 3.8) is 0 Å². The van der Waals surface area contributed by atoms with Crippen molar-refractivity contribution in [1.82, 2.24) is 4.98 Å².